The molecule has 9 heteroatoms. The molecule has 310 valence electrons. The van der Waals surface area contributed by atoms with Crippen molar-refractivity contribution in [1.29, 1.82) is 0 Å². The Balaban J connectivity index is 1.22. The third-order valence-corrected chi connectivity index (χ3v) is 11.0. The lowest BCUT2D eigenvalue weighted by Gasteiger charge is -2.49. The Kier molecular flexibility index (Phi) is 13.4. The van der Waals surface area contributed by atoms with Crippen LogP contribution in [-0.4, -0.2) is 50.9 Å². The minimum Gasteiger partial charge on any atom is -0.496 e. The van der Waals surface area contributed by atoms with Crippen molar-refractivity contribution in [1.82, 2.24) is 0 Å². The van der Waals surface area contributed by atoms with Crippen molar-refractivity contribution >= 4 is 0 Å². The topological polar surface area (TPSA) is 73.8 Å². The smallest absolute Gasteiger partial charge is 0.165 e. The summed E-state index contributed by atoms with van der Waals surface area (Å²) in [5, 5.41) is 0. The van der Waals surface area contributed by atoms with Gasteiger partial charge >= 0.3 is 0 Å². The number of hydrogen-bond donors (Lipinski definition) is 0. The summed E-state index contributed by atoms with van der Waals surface area (Å²) in [6.07, 6.45) is -3.43. The van der Waals surface area contributed by atoms with Crippen LogP contribution in [0.4, 0.5) is 4.39 Å². The van der Waals surface area contributed by atoms with Crippen LogP contribution >= 0.6 is 0 Å². The number of alkyl halides is 1. The van der Waals surface area contributed by atoms with Gasteiger partial charge in [-0.3, -0.25) is 0 Å². The van der Waals surface area contributed by atoms with Crippen molar-refractivity contribution in [2.75, 3.05) is 26.9 Å². The molecular formula is C51H51FO8. The molecule has 1 saturated heterocycles. The molecule has 2 aliphatic heterocycles. The molecule has 0 radical (unpaired) electrons. The van der Waals surface area contributed by atoms with Crippen LogP contribution in [0, 0.1) is 0 Å². The summed E-state index contributed by atoms with van der Waals surface area (Å²) in [4.78, 5) is 0. The fourth-order valence-electron chi connectivity index (χ4n) is 7.77. The molecule has 1 unspecified atom stereocenters. The van der Waals surface area contributed by atoms with Gasteiger partial charge in [0, 0.05) is 18.1 Å². The van der Waals surface area contributed by atoms with Crippen LogP contribution in [-0.2, 0) is 51.8 Å². The van der Waals surface area contributed by atoms with Crippen molar-refractivity contribution in [3.63, 3.8) is 0 Å². The monoisotopic (exact) mass is 810 g/mol. The summed E-state index contributed by atoms with van der Waals surface area (Å²) in [5.74, 6) is 2.56. The van der Waals surface area contributed by atoms with Crippen LogP contribution in [0.25, 0.3) is 0 Å². The highest BCUT2D eigenvalue weighted by Crippen LogP contribution is 2.47. The van der Waals surface area contributed by atoms with Gasteiger partial charge in [0.05, 0.1) is 33.5 Å². The van der Waals surface area contributed by atoms with E-state index in [1.807, 2.05) is 152 Å². The maximum atomic E-state index is 17.9. The number of benzene rings is 6. The van der Waals surface area contributed by atoms with Crippen LogP contribution < -0.4 is 18.9 Å². The van der Waals surface area contributed by atoms with E-state index in [-0.39, 0.29) is 26.4 Å². The summed E-state index contributed by atoms with van der Waals surface area (Å²) >= 11 is 0. The van der Waals surface area contributed by atoms with Crippen LogP contribution in [0.3, 0.4) is 0 Å². The molecule has 8 nitrogen and oxygen atoms in total. The molecule has 2 heterocycles. The third-order valence-electron chi connectivity index (χ3n) is 11.0. The van der Waals surface area contributed by atoms with E-state index in [0.717, 1.165) is 33.4 Å². The standard InChI is InChI=1S/C51H51FO8/c1-51(52)47(35-54-31-36-15-7-3-8-16-36)60-48(49(58-33-38-19-11-5-12-20-38)50(51)59-34-39-21-13-6-14-22-39)42-29-41(27-40-23-24-43-46(28-40)56-26-25-55-43)44(53-2)30-45(42)57-32-37-17-9-4-10-18-37/h3-24,28-30,47-50H,25-27,31-35H2,1-2H3/t47-,48+,49+,50-,51?/m1/s1. The van der Waals surface area contributed by atoms with E-state index in [9.17, 15) is 0 Å². The molecule has 0 bridgehead atoms. The van der Waals surface area contributed by atoms with Crippen LogP contribution in [0.5, 0.6) is 23.0 Å². The van der Waals surface area contributed by atoms with E-state index in [1.54, 1.807) is 7.11 Å². The summed E-state index contributed by atoms with van der Waals surface area (Å²) < 4.78 is 69.1. The number of ether oxygens (including phenoxy) is 8. The number of fused-ring (bicyclic) bond motifs is 1. The van der Waals surface area contributed by atoms with E-state index < -0.39 is 30.1 Å². The Bertz CT molecular complexity index is 2250. The first kappa shape index (κ1) is 41.0. The van der Waals surface area contributed by atoms with Gasteiger partial charge in [-0.15, -0.1) is 0 Å². The molecule has 0 amide bonds. The molecular weight excluding hydrogens is 760 g/mol. The highest BCUT2D eigenvalue weighted by molar-refractivity contribution is 5.52. The predicted molar refractivity (Wildman–Crippen MR) is 227 cm³/mol. The fraction of sp³-hybridized carbons (Fsp3) is 0.294. The highest BCUT2D eigenvalue weighted by Gasteiger charge is 2.57. The van der Waals surface area contributed by atoms with E-state index in [2.05, 4.69) is 0 Å². The fourth-order valence-corrected chi connectivity index (χ4v) is 7.77. The van der Waals surface area contributed by atoms with Gasteiger partial charge in [0.15, 0.2) is 17.2 Å². The van der Waals surface area contributed by atoms with Crippen LogP contribution in [0.15, 0.2) is 152 Å². The first-order valence-corrected chi connectivity index (χ1v) is 20.5. The second-order valence-electron chi connectivity index (χ2n) is 15.3. The molecule has 1 fully saturated rings. The Morgan fingerprint density at radius 1 is 0.600 bits per heavy atom. The van der Waals surface area contributed by atoms with E-state index in [1.165, 1.54) is 6.92 Å². The predicted octanol–water partition coefficient (Wildman–Crippen LogP) is 10.2. The number of rotatable bonds is 17. The van der Waals surface area contributed by atoms with Gasteiger partial charge in [-0.05, 0) is 58.5 Å². The van der Waals surface area contributed by atoms with Gasteiger partial charge in [0.1, 0.15) is 55.7 Å². The maximum Gasteiger partial charge on any atom is 0.165 e. The van der Waals surface area contributed by atoms with E-state index in [4.69, 9.17) is 37.9 Å². The van der Waals surface area contributed by atoms with Gasteiger partial charge in [0.25, 0.3) is 0 Å². The molecule has 0 aliphatic carbocycles. The van der Waals surface area contributed by atoms with Gasteiger partial charge in [-0.2, -0.15) is 0 Å². The zero-order valence-electron chi connectivity index (χ0n) is 34.0. The molecule has 60 heavy (non-hydrogen) atoms. The summed E-state index contributed by atoms with van der Waals surface area (Å²) in [5.41, 5.74) is 4.29. The second kappa shape index (κ2) is 19.6. The largest absolute Gasteiger partial charge is 0.496 e. The average Bonchev–Trinajstić information content (AvgIpc) is 3.29. The average molecular weight is 811 g/mol. The quantitative estimate of drug-likeness (QED) is 0.0902. The molecule has 6 aromatic rings. The van der Waals surface area contributed by atoms with Gasteiger partial charge in [-0.25, -0.2) is 4.39 Å². The Hall–Kier alpha value is -5.71. The first-order chi connectivity index (χ1) is 29.4. The zero-order chi connectivity index (χ0) is 41.2. The highest BCUT2D eigenvalue weighted by atomic mass is 19.1. The number of hydrogen-bond acceptors (Lipinski definition) is 8. The van der Waals surface area contributed by atoms with Gasteiger partial charge in [-0.1, -0.05) is 127 Å². The lowest BCUT2D eigenvalue weighted by molar-refractivity contribution is -0.278. The van der Waals surface area contributed by atoms with Crippen LogP contribution in [0.1, 0.15) is 52.0 Å². The minimum atomic E-state index is -2.05. The molecule has 0 saturated carbocycles. The number of methoxy groups -OCH3 is 1. The van der Waals surface area contributed by atoms with Crippen molar-refractivity contribution in [2.24, 2.45) is 0 Å². The lowest BCUT2D eigenvalue weighted by atomic mass is 9.82. The lowest BCUT2D eigenvalue weighted by Crippen LogP contribution is -2.62. The Labute approximate surface area is 351 Å². The molecule has 8 rings (SSSR count). The van der Waals surface area contributed by atoms with Crippen molar-refractivity contribution < 1.29 is 42.3 Å². The summed E-state index contributed by atoms with van der Waals surface area (Å²) in [6, 6.07) is 49.3. The van der Waals surface area contributed by atoms with E-state index >= 15 is 4.39 Å². The van der Waals surface area contributed by atoms with Crippen LogP contribution in [0.2, 0.25) is 0 Å². The zero-order valence-corrected chi connectivity index (χ0v) is 34.0. The summed E-state index contributed by atoms with van der Waals surface area (Å²) in [7, 11) is 1.65. The third kappa shape index (κ3) is 10.00. The van der Waals surface area contributed by atoms with Crippen molar-refractivity contribution in [2.45, 2.75) is 69.9 Å². The normalized spacial score (nSPS) is 21.0. The van der Waals surface area contributed by atoms with Crippen molar-refractivity contribution in [3.05, 3.63) is 191 Å². The molecule has 0 N–H and O–H groups in total. The Morgan fingerprint density at radius 3 is 1.78 bits per heavy atom. The maximum absolute atomic E-state index is 17.9. The second-order valence-corrected chi connectivity index (χ2v) is 15.3. The Morgan fingerprint density at radius 2 is 1.17 bits per heavy atom. The van der Waals surface area contributed by atoms with Crippen molar-refractivity contribution in [3.8, 4) is 23.0 Å². The molecule has 6 aromatic carbocycles. The molecule has 0 spiro atoms. The molecule has 0 aromatic heterocycles. The molecule has 2 aliphatic rings. The number of halogens is 1. The summed E-state index contributed by atoms with van der Waals surface area (Å²) in [6.45, 7) is 3.42. The SMILES string of the molecule is COc1cc(OCc2ccccc2)c([C@@H]2O[C@H](COCc3ccccc3)C(C)(F)[C@H](OCc3ccccc3)[C@H]2OCc2ccccc2)cc1Cc1ccc2c(c1)OCCO2. The minimum absolute atomic E-state index is 0.0323. The molecule has 5 atom stereocenters. The first-order valence-electron chi connectivity index (χ1n) is 20.5. The van der Waals surface area contributed by atoms with Gasteiger partial charge in [0.2, 0.25) is 0 Å². The van der Waals surface area contributed by atoms with Gasteiger partial charge < -0.3 is 37.9 Å². The van der Waals surface area contributed by atoms with E-state index in [0.29, 0.717) is 54.8 Å².